The quantitative estimate of drug-likeness (QED) is 0.635. The lowest BCUT2D eigenvalue weighted by Gasteiger charge is -2.19. The topological polar surface area (TPSA) is 66.5 Å². The van der Waals surface area contributed by atoms with Crippen LogP contribution in [0.1, 0.15) is 48.7 Å². The van der Waals surface area contributed by atoms with Crippen LogP contribution in [-0.4, -0.2) is 17.7 Å². The van der Waals surface area contributed by atoms with Gasteiger partial charge in [0.1, 0.15) is 0 Å². The number of imide groups is 1. The van der Waals surface area contributed by atoms with Gasteiger partial charge < -0.3 is 5.32 Å². The van der Waals surface area contributed by atoms with Crippen LogP contribution in [0, 0.1) is 11.8 Å². The SMILES string of the molecule is CC1=CC[C@@H]2C(=O)N(c3cccc(C(=O)N[C@@H](C)c4ccccc4)c3)C(=O)[C@@H]2C1. The van der Waals surface area contributed by atoms with Gasteiger partial charge in [0.25, 0.3) is 5.91 Å². The van der Waals surface area contributed by atoms with Gasteiger partial charge in [-0.25, -0.2) is 0 Å². The summed E-state index contributed by atoms with van der Waals surface area (Å²) < 4.78 is 0. The molecule has 4 rings (SSSR count). The van der Waals surface area contributed by atoms with Gasteiger partial charge in [0.2, 0.25) is 11.8 Å². The molecule has 1 fully saturated rings. The van der Waals surface area contributed by atoms with E-state index < -0.39 is 0 Å². The zero-order valence-electron chi connectivity index (χ0n) is 16.6. The van der Waals surface area contributed by atoms with Crippen LogP contribution in [0.3, 0.4) is 0 Å². The summed E-state index contributed by atoms with van der Waals surface area (Å²) >= 11 is 0. The Kier molecular flexibility index (Phi) is 5.05. The normalized spacial score (nSPS) is 22.1. The second kappa shape index (κ2) is 7.66. The van der Waals surface area contributed by atoms with E-state index in [-0.39, 0.29) is 35.6 Å². The summed E-state index contributed by atoms with van der Waals surface area (Å²) in [6.07, 6.45) is 3.28. The number of carbonyl (C=O) groups excluding carboxylic acids is 3. The number of amides is 3. The van der Waals surface area contributed by atoms with E-state index in [1.165, 1.54) is 4.90 Å². The maximum atomic E-state index is 12.9. The lowest BCUT2D eigenvalue weighted by atomic mass is 9.82. The molecule has 148 valence electrons. The Morgan fingerprint density at radius 1 is 1.03 bits per heavy atom. The van der Waals surface area contributed by atoms with E-state index in [1.807, 2.05) is 50.3 Å². The van der Waals surface area contributed by atoms with E-state index in [0.717, 1.165) is 11.1 Å². The van der Waals surface area contributed by atoms with E-state index in [4.69, 9.17) is 0 Å². The van der Waals surface area contributed by atoms with Crippen LogP contribution in [0.5, 0.6) is 0 Å². The molecule has 2 aromatic rings. The molecule has 2 aliphatic rings. The van der Waals surface area contributed by atoms with Gasteiger partial charge in [0.15, 0.2) is 0 Å². The van der Waals surface area contributed by atoms with Crippen molar-refractivity contribution in [3.05, 3.63) is 77.4 Å². The third-order valence-electron chi connectivity index (χ3n) is 5.84. The van der Waals surface area contributed by atoms with Gasteiger partial charge in [-0.3, -0.25) is 19.3 Å². The van der Waals surface area contributed by atoms with Crippen LogP contribution in [0.4, 0.5) is 5.69 Å². The van der Waals surface area contributed by atoms with Crippen molar-refractivity contribution in [2.24, 2.45) is 11.8 Å². The predicted octanol–water partition coefficient (Wildman–Crippen LogP) is 4.02. The van der Waals surface area contributed by atoms with Gasteiger partial charge in [-0.1, -0.05) is 48.0 Å². The summed E-state index contributed by atoms with van der Waals surface area (Å²) in [4.78, 5) is 39.8. The Hall–Kier alpha value is -3.21. The molecule has 1 saturated heterocycles. The average Bonchev–Trinajstić information content (AvgIpc) is 2.98. The van der Waals surface area contributed by atoms with Crippen LogP contribution in [0.2, 0.25) is 0 Å². The maximum Gasteiger partial charge on any atom is 0.251 e. The molecule has 0 saturated carbocycles. The van der Waals surface area contributed by atoms with Crippen molar-refractivity contribution in [1.29, 1.82) is 0 Å². The van der Waals surface area contributed by atoms with E-state index in [1.54, 1.807) is 24.3 Å². The van der Waals surface area contributed by atoms with Crippen molar-refractivity contribution < 1.29 is 14.4 Å². The summed E-state index contributed by atoms with van der Waals surface area (Å²) in [5.74, 6) is -1.15. The molecule has 0 aromatic heterocycles. The lowest BCUT2D eigenvalue weighted by Crippen LogP contribution is -2.31. The second-order valence-electron chi connectivity index (χ2n) is 7.87. The summed E-state index contributed by atoms with van der Waals surface area (Å²) in [5.41, 5.74) is 3.05. The average molecular weight is 388 g/mol. The molecular formula is C24H24N2O3. The van der Waals surface area contributed by atoms with E-state index >= 15 is 0 Å². The van der Waals surface area contributed by atoms with Crippen molar-refractivity contribution in [3.8, 4) is 0 Å². The number of carbonyl (C=O) groups is 3. The Labute approximate surface area is 170 Å². The Morgan fingerprint density at radius 3 is 2.52 bits per heavy atom. The number of rotatable bonds is 4. The molecule has 3 atom stereocenters. The minimum Gasteiger partial charge on any atom is -0.346 e. The fraction of sp³-hybridized carbons (Fsp3) is 0.292. The zero-order valence-corrected chi connectivity index (χ0v) is 16.6. The Bertz CT molecular complexity index is 996. The summed E-state index contributed by atoms with van der Waals surface area (Å²) in [6.45, 7) is 3.92. The fourth-order valence-corrected chi connectivity index (χ4v) is 4.18. The number of hydrogen-bond donors (Lipinski definition) is 1. The number of fused-ring (bicyclic) bond motifs is 1. The maximum absolute atomic E-state index is 12.9. The van der Waals surface area contributed by atoms with Crippen LogP contribution in [0.15, 0.2) is 66.2 Å². The summed E-state index contributed by atoms with van der Waals surface area (Å²) in [7, 11) is 0. The molecule has 0 bridgehead atoms. The minimum absolute atomic E-state index is 0.153. The molecule has 1 aliphatic heterocycles. The first-order valence-corrected chi connectivity index (χ1v) is 9.95. The highest BCUT2D eigenvalue weighted by Gasteiger charge is 2.48. The van der Waals surface area contributed by atoms with Crippen molar-refractivity contribution in [2.45, 2.75) is 32.7 Å². The van der Waals surface area contributed by atoms with Crippen LogP contribution < -0.4 is 10.2 Å². The molecule has 5 nitrogen and oxygen atoms in total. The van der Waals surface area contributed by atoms with Crippen molar-refractivity contribution in [3.63, 3.8) is 0 Å². The Balaban J connectivity index is 1.54. The van der Waals surface area contributed by atoms with Gasteiger partial charge >= 0.3 is 0 Å². The number of hydrogen-bond acceptors (Lipinski definition) is 3. The highest BCUT2D eigenvalue weighted by molar-refractivity contribution is 6.22. The van der Waals surface area contributed by atoms with Gasteiger partial charge in [-0.05, 0) is 50.5 Å². The van der Waals surface area contributed by atoms with E-state index in [2.05, 4.69) is 5.32 Å². The molecule has 1 heterocycles. The fourth-order valence-electron chi connectivity index (χ4n) is 4.18. The Morgan fingerprint density at radius 2 is 1.76 bits per heavy atom. The molecule has 0 spiro atoms. The van der Waals surface area contributed by atoms with Crippen LogP contribution in [-0.2, 0) is 9.59 Å². The highest BCUT2D eigenvalue weighted by atomic mass is 16.2. The van der Waals surface area contributed by atoms with Gasteiger partial charge in [0.05, 0.1) is 23.6 Å². The molecule has 5 heteroatoms. The first-order chi connectivity index (χ1) is 14.0. The first-order valence-electron chi connectivity index (χ1n) is 9.95. The number of allylic oxidation sites excluding steroid dienone is 2. The van der Waals surface area contributed by atoms with Crippen molar-refractivity contribution >= 4 is 23.4 Å². The predicted molar refractivity (Wildman–Crippen MR) is 111 cm³/mol. The third kappa shape index (κ3) is 3.60. The standard InChI is InChI=1S/C24H24N2O3/c1-15-11-12-20-21(13-15)24(29)26(23(20)28)19-10-6-9-18(14-19)22(27)25-16(2)17-7-4-3-5-8-17/h3-11,14,16,20-21H,12-13H2,1-2H3,(H,25,27)/t16-,20-,21+/m0/s1. The molecule has 3 amide bonds. The van der Waals surface area contributed by atoms with Crippen molar-refractivity contribution in [1.82, 2.24) is 5.32 Å². The van der Waals surface area contributed by atoms with E-state index in [0.29, 0.717) is 24.1 Å². The number of nitrogens with one attached hydrogen (secondary N) is 1. The lowest BCUT2D eigenvalue weighted by molar-refractivity contribution is -0.122. The zero-order chi connectivity index (χ0) is 20.5. The number of benzene rings is 2. The smallest absolute Gasteiger partial charge is 0.251 e. The number of anilines is 1. The van der Waals surface area contributed by atoms with Gasteiger partial charge in [-0.2, -0.15) is 0 Å². The molecule has 29 heavy (non-hydrogen) atoms. The van der Waals surface area contributed by atoms with Crippen LogP contribution in [0.25, 0.3) is 0 Å². The molecule has 1 aliphatic carbocycles. The summed E-state index contributed by atoms with van der Waals surface area (Å²) in [6, 6.07) is 16.3. The molecular weight excluding hydrogens is 364 g/mol. The second-order valence-corrected chi connectivity index (χ2v) is 7.87. The third-order valence-corrected chi connectivity index (χ3v) is 5.84. The summed E-state index contributed by atoms with van der Waals surface area (Å²) in [5, 5.41) is 2.97. The van der Waals surface area contributed by atoms with Crippen molar-refractivity contribution in [2.75, 3.05) is 4.90 Å². The van der Waals surface area contributed by atoms with Gasteiger partial charge in [0, 0.05) is 5.56 Å². The molecule has 0 unspecified atom stereocenters. The minimum atomic E-state index is -0.290. The van der Waals surface area contributed by atoms with Crippen LogP contribution >= 0.6 is 0 Å². The monoisotopic (exact) mass is 388 g/mol. The molecule has 0 radical (unpaired) electrons. The largest absolute Gasteiger partial charge is 0.346 e. The van der Waals surface area contributed by atoms with Gasteiger partial charge in [-0.15, -0.1) is 0 Å². The first kappa shape index (κ1) is 19.1. The molecule has 2 aromatic carbocycles. The van der Waals surface area contributed by atoms with E-state index in [9.17, 15) is 14.4 Å². The number of nitrogens with zero attached hydrogens (tertiary/aromatic N) is 1. The highest BCUT2D eigenvalue weighted by Crippen LogP contribution is 2.39. The molecule has 1 N–H and O–H groups in total.